The molecule has 0 saturated heterocycles. The van der Waals surface area contributed by atoms with Crippen LogP contribution in [-0.2, 0) is 6.54 Å². The minimum absolute atomic E-state index is 0.155. The molecule has 0 bridgehead atoms. The van der Waals surface area contributed by atoms with E-state index in [4.69, 9.17) is 4.74 Å². The highest BCUT2D eigenvalue weighted by molar-refractivity contribution is 5.80. The lowest BCUT2D eigenvalue weighted by Gasteiger charge is -2.18. The van der Waals surface area contributed by atoms with Gasteiger partial charge in [-0.15, -0.1) is 0 Å². The van der Waals surface area contributed by atoms with Crippen LogP contribution in [0.1, 0.15) is 46.1 Å². The molecule has 0 aromatic heterocycles. The first-order valence-corrected chi connectivity index (χ1v) is 8.37. The number of ether oxygens (including phenoxy) is 1. The average Bonchev–Trinajstić information content (AvgIpc) is 2.52. The van der Waals surface area contributed by atoms with Crippen molar-refractivity contribution >= 4 is 5.96 Å². The summed E-state index contributed by atoms with van der Waals surface area (Å²) in [5, 5.41) is 16.8. The van der Waals surface area contributed by atoms with Gasteiger partial charge >= 0.3 is 0 Å². The fourth-order valence-electron chi connectivity index (χ4n) is 2.23. The molecular weight excluding hydrogens is 290 g/mol. The minimum atomic E-state index is 0.155. The molecular formula is C18H31N3O2. The summed E-state index contributed by atoms with van der Waals surface area (Å²) in [5.74, 6) is 2.10. The van der Waals surface area contributed by atoms with Crippen LogP contribution in [0.5, 0.6) is 11.5 Å². The average molecular weight is 321 g/mol. The number of methoxy groups -OCH3 is 1. The first-order valence-electron chi connectivity index (χ1n) is 8.37. The van der Waals surface area contributed by atoms with Crippen molar-refractivity contribution in [3.8, 4) is 11.5 Å². The fraction of sp³-hybridized carbons (Fsp3) is 0.611. The Morgan fingerprint density at radius 2 is 2.00 bits per heavy atom. The molecule has 0 spiro atoms. The number of benzene rings is 1. The van der Waals surface area contributed by atoms with Gasteiger partial charge in [0.15, 0.2) is 17.5 Å². The van der Waals surface area contributed by atoms with Gasteiger partial charge in [-0.25, -0.2) is 4.99 Å². The number of rotatable bonds is 8. The zero-order valence-corrected chi connectivity index (χ0v) is 15.0. The molecule has 1 rings (SSSR count). The molecule has 0 saturated carbocycles. The second-order valence-corrected chi connectivity index (χ2v) is 6.18. The molecule has 0 aliphatic rings. The quantitative estimate of drug-likeness (QED) is 0.508. The van der Waals surface area contributed by atoms with Crippen LogP contribution in [0.25, 0.3) is 0 Å². The van der Waals surface area contributed by atoms with Crippen molar-refractivity contribution in [2.45, 2.75) is 53.1 Å². The third-order valence-electron chi connectivity index (χ3n) is 3.61. The molecule has 5 nitrogen and oxygen atoms in total. The third kappa shape index (κ3) is 6.80. The standard InChI is InChI=1S/C18H31N3O2/c1-6-19-18(21-14(4)11-10-13(2)3)20-12-15-8-7-9-16(23-5)17(15)22/h7-9,13-14,22H,6,10-12H2,1-5H3,(H2,19,20,21). The lowest BCUT2D eigenvalue weighted by atomic mass is 10.0. The molecule has 3 N–H and O–H groups in total. The maximum atomic E-state index is 10.1. The maximum absolute atomic E-state index is 10.1. The monoisotopic (exact) mass is 321 g/mol. The number of phenolic OH excluding ortho intramolecular Hbond substituents is 1. The van der Waals surface area contributed by atoms with Gasteiger partial charge < -0.3 is 20.5 Å². The second-order valence-electron chi connectivity index (χ2n) is 6.18. The smallest absolute Gasteiger partial charge is 0.191 e. The van der Waals surface area contributed by atoms with Gasteiger partial charge in [-0.3, -0.25) is 0 Å². The largest absolute Gasteiger partial charge is 0.504 e. The van der Waals surface area contributed by atoms with Crippen molar-refractivity contribution in [3.05, 3.63) is 23.8 Å². The van der Waals surface area contributed by atoms with E-state index in [2.05, 4.69) is 36.4 Å². The van der Waals surface area contributed by atoms with E-state index in [1.165, 1.54) is 6.42 Å². The van der Waals surface area contributed by atoms with Crippen LogP contribution < -0.4 is 15.4 Å². The first-order chi connectivity index (χ1) is 11.0. The predicted octanol–water partition coefficient (Wildman–Crippen LogP) is 3.28. The topological polar surface area (TPSA) is 65.9 Å². The number of phenols is 1. The van der Waals surface area contributed by atoms with Crippen molar-refractivity contribution < 1.29 is 9.84 Å². The Labute approximate surface area is 140 Å². The molecule has 0 heterocycles. The number of guanidine groups is 1. The molecule has 0 radical (unpaired) electrons. The summed E-state index contributed by atoms with van der Waals surface area (Å²) in [5.41, 5.74) is 0.747. The van der Waals surface area contributed by atoms with Crippen LogP contribution in [-0.4, -0.2) is 30.8 Å². The van der Waals surface area contributed by atoms with Crippen molar-refractivity contribution in [1.29, 1.82) is 0 Å². The van der Waals surface area contributed by atoms with Crippen LogP contribution in [0, 0.1) is 5.92 Å². The Hall–Kier alpha value is -1.91. The molecule has 0 amide bonds. The zero-order valence-electron chi connectivity index (χ0n) is 15.0. The van der Waals surface area contributed by atoms with Gasteiger partial charge in [0.1, 0.15) is 0 Å². The summed E-state index contributed by atoms with van der Waals surface area (Å²) in [6, 6.07) is 5.80. The minimum Gasteiger partial charge on any atom is -0.504 e. The van der Waals surface area contributed by atoms with E-state index in [1.54, 1.807) is 13.2 Å². The van der Waals surface area contributed by atoms with Crippen LogP contribution in [0.15, 0.2) is 23.2 Å². The van der Waals surface area contributed by atoms with E-state index >= 15 is 0 Å². The Morgan fingerprint density at radius 3 is 2.61 bits per heavy atom. The molecule has 5 heteroatoms. The SMILES string of the molecule is CCNC(=NCc1cccc(OC)c1O)NC(C)CCC(C)C. The lowest BCUT2D eigenvalue weighted by Crippen LogP contribution is -2.42. The van der Waals surface area contributed by atoms with E-state index in [9.17, 15) is 5.11 Å². The summed E-state index contributed by atoms with van der Waals surface area (Å²) in [7, 11) is 1.55. The summed E-state index contributed by atoms with van der Waals surface area (Å²) >= 11 is 0. The Balaban J connectivity index is 2.71. The van der Waals surface area contributed by atoms with Crippen LogP contribution in [0.2, 0.25) is 0 Å². The number of para-hydroxylation sites is 1. The summed E-state index contributed by atoms with van der Waals surface area (Å²) in [4.78, 5) is 4.57. The van der Waals surface area contributed by atoms with Gasteiger partial charge in [-0.05, 0) is 38.7 Å². The highest BCUT2D eigenvalue weighted by Crippen LogP contribution is 2.29. The molecule has 0 aliphatic carbocycles. The number of hydrogen-bond acceptors (Lipinski definition) is 3. The van der Waals surface area contributed by atoms with Gasteiger partial charge in [-0.2, -0.15) is 0 Å². The first kappa shape index (κ1) is 19.1. The van der Waals surface area contributed by atoms with Crippen LogP contribution in [0.3, 0.4) is 0 Å². The summed E-state index contributed by atoms with van der Waals surface area (Å²) in [6.45, 7) is 9.87. The second kappa shape index (κ2) is 9.98. The Kier molecular flexibility index (Phi) is 8.30. The molecule has 0 aliphatic heterocycles. The van der Waals surface area contributed by atoms with E-state index in [1.807, 2.05) is 19.1 Å². The van der Waals surface area contributed by atoms with Crippen molar-refractivity contribution in [1.82, 2.24) is 10.6 Å². The molecule has 1 aromatic rings. The Bertz CT molecular complexity index is 501. The van der Waals surface area contributed by atoms with Crippen LogP contribution >= 0.6 is 0 Å². The van der Waals surface area contributed by atoms with Crippen molar-refractivity contribution in [2.75, 3.05) is 13.7 Å². The van der Waals surface area contributed by atoms with Crippen molar-refractivity contribution in [2.24, 2.45) is 10.9 Å². The summed E-state index contributed by atoms with van der Waals surface area (Å²) in [6.07, 6.45) is 2.29. The molecule has 23 heavy (non-hydrogen) atoms. The van der Waals surface area contributed by atoms with Gasteiger partial charge in [0.05, 0.1) is 13.7 Å². The Morgan fingerprint density at radius 1 is 1.26 bits per heavy atom. The van der Waals surface area contributed by atoms with E-state index in [0.29, 0.717) is 24.3 Å². The number of aromatic hydroxyl groups is 1. The third-order valence-corrected chi connectivity index (χ3v) is 3.61. The fourth-order valence-corrected chi connectivity index (χ4v) is 2.23. The number of nitrogens with zero attached hydrogens (tertiary/aromatic N) is 1. The van der Waals surface area contributed by atoms with E-state index in [-0.39, 0.29) is 5.75 Å². The van der Waals surface area contributed by atoms with Gasteiger partial charge in [0.2, 0.25) is 0 Å². The van der Waals surface area contributed by atoms with Crippen molar-refractivity contribution in [3.63, 3.8) is 0 Å². The lowest BCUT2D eigenvalue weighted by molar-refractivity contribution is 0.370. The van der Waals surface area contributed by atoms with Gasteiger partial charge in [-0.1, -0.05) is 26.0 Å². The molecule has 1 atom stereocenters. The highest BCUT2D eigenvalue weighted by atomic mass is 16.5. The van der Waals surface area contributed by atoms with Gasteiger partial charge in [0, 0.05) is 18.2 Å². The van der Waals surface area contributed by atoms with E-state index in [0.717, 1.165) is 24.5 Å². The normalized spacial score (nSPS) is 13.0. The zero-order chi connectivity index (χ0) is 17.2. The van der Waals surface area contributed by atoms with Gasteiger partial charge in [0.25, 0.3) is 0 Å². The molecule has 130 valence electrons. The number of hydrogen-bond donors (Lipinski definition) is 3. The van der Waals surface area contributed by atoms with Crippen LogP contribution in [0.4, 0.5) is 0 Å². The number of aliphatic imine (C=N–C) groups is 1. The molecule has 1 aromatic carbocycles. The highest BCUT2D eigenvalue weighted by Gasteiger charge is 2.09. The molecule has 0 fully saturated rings. The predicted molar refractivity (Wildman–Crippen MR) is 96.1 cm³/mol. The van der Waals surface area contributed by atoms with E-state index < -0.39 is 0 Å². The number of nitrogens with one attached hydrogen (secondary N) is 2. The maximum Gasteiger partial charge on any atom is 0.191 e. The summed E-state index contributed by atoms with van der Waals surface area (Å²) < 4.78 is 5.13. The molecule has 1 unspecified atom stereocenters.